The van der Waals surface area contributed by atoms with Crippen LogP contribution in [0.2, 0.25) is 0 Å². The van der Waals surface area contributed by atoms with Crippen LogP contribution in [0.4, 0.5) is 5.69 Å². The number of nitrogens with zero attached hydrogens (tertiary/aromatic N) is 1. The summed E-state index contributed by atoms with van der Waals surface area (Å²) in [5.41, 5.74) is -0.0957. The summed E-state index contributed by atoms with van der Waals surface area (Å²) in [6.45, 7) is 0. The quantitative estimate of drug-likeness (QED) is 0.250. The molecule has 1 amide bonds. The van der Waals surface area contributed by atoms with E-state index in [1.165, 1.54) is 81.0 Å². The summed E-state index contributed by atoms with van der Waals surface area (Å²) in [5.74, 6) is -1.66. The fraction of sp³-hybridized carbons (Fsp3) is 0.0800. The molecule has 0 saturated heterocycles. The monoisotopic (exact) mass is 508 g/mol. The lowest BCUT2D eigenvalue weighted by Gasteiger charge is -2.12. The van der Waals surface area contributed by atoms with Crippen LogP contribution in [0.5, 0.6) is 17.2 Å². The molecular formula is C25H20N2O8S. The number of nitrogens with one attached hydrogen (secondary N) is 1. The Balaban J connectivity index is 1.85. The minimum Gasteiger partial charge on any atom is -0.497 e. The van der Waals surface area contributed by atoms with Crippen molar-refractivity contribution in [2.24, 2.45) is 0 Å². The first-order valence-electron chi connectivity index (χ1n) is 10.2. The van der Waals surface area contributed by atoms with E-state index in [0.29, 0.717) is 11.3 Å². The van der Waals surface area contributed by atoms with Crippen LogP contribution in [0.3, 0.4) is 0 Å². The third-order valence-electron chi connectivity index (χ3n) is 4.82. The summed E-state index contributed by atoms with van der Waals surface area (Å²) < 4.78 is 40.8. The molecule has 0 bridgehead atoms. The molecular weight excluding hydrogens is 488 g/mol. The van der Waals surface area contributed by atoms with Gasteiger partial charge in [0.15, 0.2) is 11.5 Å². The van der Waals surface area contributed by atoms with Gasteiger partial charge in [0.25, 0.3) is 5.91 Å². The van der Waals surface area contributed by atoms with E-state index in [9.17, 15) is 28.4 Å². The maximum absolute atomic E-state index is 12.6. The lowest BCUT2D eigenvalue weighted by Crippen LogP contribution is -2.16. The molecule has 0 aliphatic carbocycles. The Morgan fingerprint density at radius 2 is 1.67 bits per heavy atom. The third kappa shape index (κ3) is 5.99. The van der Waals surface area contributed by atoms with Crippen LogP contribution in [0.25, 0.3) is 6.08 Å². The molecule has 0 saturated carbocycles. The number of carboxylic acid groups (broad SMARTS) is 1. The zero-order chi connectivity index (χ0) is 26.3. The van der Waals surface area contributed by atoms with Crippen molar-refractivity contribution in [1.29, 1.82) is 5.26 Å². The molecule has 0 heterocycles. The first-order chi connectivity index (χ1) is 17.2. The van der Waals surface area contributed by atoms with Gasteiger partial charge in [-0.15, -0.1) is 0 Å². The maximum atomic E-state index is 12.6. The van der Waals surface area contributed by atoms with Crippen molar-refractivity contribution in [2.75, 3.05) is 19.5 Å². The van der Waals surface area contributed by atoms with E-state index in [4.69, 9.17) is 13.7 Å². The number of carbonyl (C=O) groups is 2. The SMILES string of the molecule is COc1ccc(S(=O)(=O)Oc2ccc(/C=C(\C#N)C(=O)Nc3ccccc3C(=O)O)cc2OC)cc1. The summed E-state index contributed by atoms with van der Waals surface area (Å²) in [4.78, 5) is 23.8. The number of benzene rings is 3. The van der Waals surface area contributed by atoms with Gasteiger partial charge in [0.05, 0.1) is 25.5 Å². The normalized spacial score (nSPS) is 11.2. The number of rotatable bonds is 9. The number of anilines is 1. The van der Waals surface area contributed by atoms with Crippen LogP contribution in [0.15, 0.2) is 77.2 Å². The fourth-order valence-electron chi connectivity index (χ4n) is 3.04. The molecule has 0 aliphatic rings. The molecule has 2 N–H and O–H groups in total. The van der Waals surface area contributed by atoms with Gasteiger partial charge in [-0.1, -0.05) is 18.2 Å². The molecule has 0 spiro atoms. The van der Waals surface area contributed by atoms with Gasteiger partial charge in [0, 0.05) is 0 Å². The number of carbonyl (C=O) groups excluding carboxylic acids is 1. The van der Waals surface area contributed by atoms with E-state index in [2.05, 4.69) is 5.32 Å². The Labute approximate surface area is 207 Å². The Bertz CT molecular complexity index is 1470. The molecule has 3 rings (SSSR count). The van der Waals surface area contributed by atoms with E-state index in [0.717, 1.165) is 0 Å². The van der Waals surface area contributed by atoms with Crippen molar-refractivity contribution in [2.45, 2.75) is 4.90 Å². The number of nitriles is 1. The molecule has 0 aliphatic heterocycles. The van der Waals surface area contributed by atoms with Gasteiger partial charge in [0.2, 0.25) is 0 Å². The zero-order valence-corrected chi connectivity index (χ0v) is 19.9. The molecule has 36 heavy (non-hydrogen) atoms. The standard InChI is InChI=1S/C25H20N2O8S/c1-33-18-8-10-19(11-9-18)36(31,32)35-22-12-7-16(14-23(22)34-2)13-17(15-26)24(28)27-21-6-4-3-5-20(21)25(29)30/h3-14H,1-2H3,(H,27,28)(H,29,30)/b17-13+. The largest absolute Gasteiger partial charge is 0.497 e. The molecule has 0 radical (unpaired) electrons. The minimum absolute atomic E-state index is 0.0289. The number of aromatic carboxylic acids is 1. The molecule has 0 atom stereocenters. The number of para-hydroxylation sites is 1. The molecule has 11 heteroatoms. The van der Waals surface area contributed by atoms with Crippen LogP contribution in [-0.2, 0) is 14.9 Å². The van der Waals surface area contributed by atoms with Crippen LogP contribution in [0, 0.1) is 11.3 Å². The Kier molecular flexibility index (Phi) is 7.93. The Morgan fingerprint density at radius 3 is 2.28 bits per heavy atom. The van der Waals surface area contributed by atoms with Gasteiger partial charge in [-0.25, -0.2) is 4.79 Å². The van der Waals surface area contributed by atoms with E-state index in [1.807, 2.05) is 0 Å². The highest BCUT2D eigenvalue weighted by Crippen LogP contribution is 2.32. The topological polar surface area (TPSA) is 152 Å². The number of carboxylic acids is 1. The van der Waals surface area contributed by atoms with Crippen molar-refractivity contribution >= 4 is 33.8 Å². The van der Waals surface area contributed by atoms with Gasteiger partial charge < -0.3 is 24.1 Å². The lowest BCUT2D eigenvalue weighted by atomic mass is 10.1. The van der Waals surface area contributed by atoms with Gasteiger partial charge >= 0.3 is 16.1 Å². The van der Waals surface area contributed by atoms with Crippen LogP contribution >= 0.6 is 0 Å². The predicted molar refractivity (Wildman–Crippen MR) is 129 cm³/mol. The highest BCUT2D eigenvalue weighted by molar-refractivity contribution is 7.87. The Hall–Kier alpha value is -4.82. The fourth-order valence-corrected chi connectivity index (χ4v) is 3.97. The van der Waals surface area contributed by atoms with E-state index in [-0.39, 0.29) is 33.2 Å². The number of ether oxygens (including phenoxy) is 2. The van der Waals surface area contributed by atoms with Crippen molar-refractivity contribution in [3.05, 3.63) is 83.4 Å². The van der Waals surface area contributed by atoms with Crippen molar-refractivity contribution in [3.8, 4) is 23.3 Å². The number of hydrogen-bond donors (Lipinski definition) is 2. The summed E-state index contributed by atoms with van der Waals surface area (Å²) in [6, 6.07) is 17.3. The number of hydrogen-bond acceptors (Lipinski definition) is 8. The van der Waals surface area contributed by atoms with Gasteiger partial charge in [0.1, 0.15) is 22.3 Å². The molecule has 184 valence electrons. The summed E-state index contributed by atoms with van der Waals surface area (Å²) in [6.07, 6.45) is 1.24. The van der Waals surface area contributed by atoms with Crippen molar-refractivity contribution < 1.29 is 36.8 Å². The second-order valence-electron chi connectivity index (χ2n) is 7.10. The summed E-state index contributed by atoms with van der Waals surface area (Å²) >= 11 is 0. The van der Waals surface area contributed by atoms with E-state index < -0.39 is 22.0 Å². The predicted octanol–water partition coefficient (Wildman–Crippen LogP) is 3.72. The molecule has 0 unspecified atom stereocenters. The van der Waals surface area contributed by atoms with Crippen molar-refractivity contribution in [3.63, 3.8) is 0 Å². The number of methoxy groups -OCH3 is 2. The molecule has 3 aromatic carbocycles. The number of amides is 1. The maximum Gasteiger partial charge on any atom is 0.339 e. The zero-order valence-electron chi connectivity index (χ0n) is 19.1. The van der Waals surface area contributed by atoms with Crippen LogP contribution < -0.4 is 19.0 Å². The Morgan fingerprint density at radius 1 is 0.972 bits per heavy atom. The van der Waals surface area contributed by atoms with Gasteiger partial charge in [-0.05, 0) is 60.2 Å². The van der Waals surface area contributed by atoms with Crippen LogP contribution in [0.1, 0.15) is 15.9 Å². The molecule has 0 fully saturated rings. The van der Waals surface area contributed by atoms with E-state index >= 15 is 0 Å². The third-order valence-corrected chi connectivity index (χ3v) is 6.07. The molecule has 3 aromatic rings. The van der Waals surface area contributed by atoms with Crippen molar-refractivity contribution in [1.82, 2.24) is 0 Å². The lowest BCUT2D eigenvalue weighted by molar-refractivity contribution is -0.112. The van der Waals surface area contributed by atoms with Gasteiger partial charge in [-0.3, -0.25) is 4.79 Å². The molecule has 0 aromatic heterocycles. The minimum atomic E-state index is -4.19. The average molecular weight is 509 g/mol. The van der Waals surface area contributed by atoms with Gasteiger partial charge in [-0.2, -0.15) is 13.7 Å². The summed E-state index contributed by atoms with van der Waals surface area (Å²) in [7, 11) is -1.43. The van der Waals surface area contributed by atoms with E-state index in [1.54, 1.807) is 12.1 Å². The highest BCUT2D eigenvalue weighted by atomic mass is 32.2. The first kappa shape index (κ1) is 25.8. The highest BCUT2D eigenvalue weighted by Gasteiger charge is 2.20. The first-order valence-corrected chi connectivity index (χ1v) is 11.6. The molecule has 10 nitrogen and oxygen atoms in total. The summed E-state index contributed by atoms with van der Waals surface area (Å²) in [5, 5.41) is 21.1. The average Bonchev–Trinajstić information content (AvgIpc) is 2.87. The smallest absolute Gasteiger partial charge is 0.339 e. The second-order valence-corrected chi connectivity index (χ2v) is 8.64. The van der Waals surface area contributed by atoms with Crippen LogP contribution in [-0.4, -0.2) is 39.6 Å². The second kappa shape index (κ2) is 11.1.